The second-order valence-corrected chi connectivity index (χ2v) is 3.73. The minimum Gasteiger partial charge on any atom is -0.507 e. The van der Waals surface area contributed by atoms with Crippen molar-refractivity contribution in [1.29, 1.82) is 0 Å². The average molecular weight is 199 g/mol. The molecule has 0 aliphatic rings. The summed E-state index contributed by atoms with van der Waals surface area (Å²) < 4.78 is 0. The van der Waals surface area contributed by atoms with Gasteiger partial charge in [0, 0.05) is 22.7 Å². The minimum atomic E-state index is 0.292. The van der Waals surface area contributed by atoms with E-state index in [0.29, 0.717) is 5.75 Å². The SMILES string of the molecule is C=C(C)c1ccc(O)c2ccnc(C)c12. The topological polar surface area (TPSA) is 33.1 Å². The molecule has 0 saturated carbocycles. The van der Waals surface area contributed by atoms with Crippen molar-refractivity contribution >= 4 is 16.3 Å². The van der Waals surface area contributed by atoms with Gasteiger partial charge in [0.2, 0.25) is 0 Å². The van der Waals surface area contributed by atoms with Crippen LogP contribution in [0.4, 0.5) is 0 Å². The van der Waals surface area contributed by atoms with Gasteiger partial charge >= 0.3 is 0 Å². The zero-order valence-electron chi connectivity index (χ0n) is 8.91. The van der Waals surface area contributed by atoms with Crippen molar-refractivity contribution in [3.8, 4) is 5.75 Å². The zero-order chi connectivity index (χ0) is 11.0. The normalized spacial score (nSPS) is 10.5. The second kappa shape index (κ2) is 3.39. The molecule has 2 heteroatoms. The van der Waals surface area contributed by atoms with Crippen LogP contribution in [0, 0.1) is 6.92 Å². The summed E-state index contributed by atoms with van der Waals surface area (Å²) in [6.07, 6.45) is 1.71. The van der Waals surface area contributed by atoms with Gasteiger partial charge in [-0.1, -0.05) is 18.2 Å². The van der Waals surface area contributed by atoms with Gasteiger partial charge in [-0.2, -0.15) is 0 Å². The van der Waals surface area contributed by atoms with E-state index in [1.165, 1.54) is 0 Å². The first-order chi connectivity index (χ1) is 7.11. The highest BCUT2D eigenvalue weighted by Gasteiger charge is 2.08. The van der Waals surface area contributed by atoms with Crippen LogP contribution in [0.1, 0.15) is 18.2 Å². The van der Waals surface area contributed by atoms with Crippen LogP contribution in [0.25, 0.3) is 16.3 Å². The fourth-order valence-corrected chi connectivity index (χ4v) is 1.81. The number of aryl methyl sites for hydroxylation is 1. The number of benzene rings is 1. The molecule has 2 nitrogen and oxygen atoms in total. The Morgan fingerprint density at radius 3 is 2.73 bits per heavy atom. The van der Waals surface area contributed by atoms with Gasteiger partial charge in [-0.25, -0.2) is 0 Å². The van der Waals surface area contributed by atoms with Crippen molar-refractivity contribution in [1.82, 2.24) is 4.98 Å². The number of hydrogen-bond acceptors (Lipinski definition) is 2. The number of phenolic OH excluding ortho intramolecular Hbond substituents is 1. The number of rotatable bonds is 1. The molecule has 0 saturated heterocycles. The fraction of sp³-hybridized carbons (Fsp3) is 0.154. The first kappa shape index (κ1) is 9.71. The Kier molecular flexibility index (Phi) is 2.19. The summed E-state index contributed by atoms with van der Waals surface area (Å²) in [6.45, 7) is 7.83. The molecule has 1 aromatic heterocycles. The van der Waals surface area contributed by atoms with E-state index in [-0.39, 0.29) is 0 Å². The van der Waals surface area contributed by atoms with Crippen LogP contribution in [0.2, 0.25) is 0 Å². The lowest BCUT2D eigenvalue weighted by atomic mass is 9.99. The molecule has 76 valence electrons. The smallest absolute Gasteiger partial charge is 0.123 e. The lowest BCUT2D eigenvalue weighted by Crippen LogP contribution is -1.89. The summed E-state index contributed by atoms with van der Waals surface area (Å²) >= 11 is 0. The van der Waals surface area contributed by atoms with Gasteiger partial charge in [-0.15, -0.1) is 0 Å². The molecule has 2 aromatic rings. The molecular weight excluding hydrogens is 186 g/mol. The lowest BCUT2D eigenvalue weighted by Gasteiger charge is -2.09. The summed E-state index contributed by atoms with van der Waals surface area (Å²) in [7, 11) is 0. The van der Waals surface area contributed by atoms with Crippen LogP contribution in [-0.2, 0) is 0 Å². The maximum absolute atomic E-state index is 9.74. The molecule has 0 bridgehead atoms. The zero-order valence-corrected chi connectivity index (χ0v) is 8.91. The third kappa shape index (κ3) is 1.48. The third-order valence-corrected chi connectivity index (χ3v) is 2.55. The van der Waals surface area contributed by atoms with Gasteiger partial charge < -0.3 is 5.11 Å². The molecule has 0 aliphatic heterocycles. The van der Waals surface area contributed by atoms with Crippen molar-refractivity contribution < 1.29 is 5.11 Å². The van der Waals surface area contributed by atoms with Crippen LogP contribution in [0.5, 0.6) is 5.75 Å². The molecule has 0 fully saturated rings. The number of allylic oxidation sites excluding steroid dienone is 1. The molecule has 1 heterocycles. The summed E-state index contributed by atoms with van der Waals surface area (Å²) in [6, 6.07) is 5.41. The van der Waals surface area contributed by atoms with Gasteiger partial charge in [-0.3, -0.25) is 4.98 Å². The molecule has 0 aliphatic carbocycles. The van der Waals surface area contributed by atoms with Gasteiger partial charge in [0.1, 0.15) is 5.75 Å². The minimum absolute atomic E-state index is 0.292. The maximum Gasteiger partial charge on any atom is 0.123 e. The van der Waals surface area contributed by atoms with E-state index in [2.05, 4.69) is 11.6 Å². The largest absolute Gasteiger partial charge is 0.507 e. The molecule has 0 amide bonds. The van der Waals surface area contributed by atoms with Crippen molar-refractivity contribution in [2.45, 2.75) is 13.8 Å². The number of hydrogen-bond donors (Lipinski definition) is 1. The first-order valence-corrected chi connectivity index (χ1v) is 4.84. The van der Waals surface area contributed by atoms with Gasteiger partial charge in [-0.05, 0) is 31.5 Å². The molecule has 1 N–H and O–H groups in total. The molecule has 0 unspecified atom stereocenters. The van der Waals surface area contributed by atoms with Crippen molar-refractivity contribution in [2.24, 2.45) is 0 Å². The molecule has 0 radical (unpaired) electrons. The van der Waals surface area contributed by atoms with E-state index in [1.54, 1.807) is 12.3 Å². The van der Waals surface area contributed by atoms with Crippen LogP contribution < -0.4 is 0 Å². The predicted molar refractivity (Wildman–Crippen MR) is 62.9 cm³/mol. The Bertz CT molecular complexity index is 543. The van der Waals surface area contributed by atoms with Crippen molar-refractivity contribution in [2.75, 3.05) is 0 Å². The first-order valence-electron chi connectivity index (χ1n) is 4.84. The standard InChI is InChI=1S/C13H13NO/c1-8(2)10-4-5-12(15)11-6-7-14-9(3)13(10)11/h4-7,15H,1H2,2-3H3. The summed E-state index contributed by atoms with van der Waals surface area (Å²) in [4.78, 5) is 4.24. The molecule has 0 spiro atoms. The highest BCUT2D eigenvalue weighted by atomic mass is 16.3. The summed E-state index contributed by atoms with van der Waals surface area (Å²) in [5.41, 5.74) is 2.95. The number of fused-ring (bicyclic) bond motifs is 1. The van der Waals surface area contributed by atoms with Crippen LogP contribution >= 0.6 is 0 Å². The Morgan fingerprint density at radius 2 is 2.07 bits per heavy atom. The Labute approximate surface area is 88.9 Å². The predicted octanol–water partition coefficient (Wildman–Crippen LogP) is 3.28. The Hall–Kier alpha value is -1.83. The van der Waals surface area contributed by atoms with E-state index in [0.717, 1.165) is 27.6 Å². The molecule has 1 aromatic carbocycles. The van der Waals surface area contributed by atoms with E-state index in [4.69, 9.17) is 0 Å². The average Bonchev–Trinajstić information content (AvgIpc) is 2.19. The van der Waals surface area contributed by atoms with Crippen LogP contribution in [0.3, 0.4) is 0 Å². The summed E-state index contributed by atoms with van der Waals surface area (Å²) in [5, 5.41) is 11.6. The third-order valence-electron chi connectivity index (χ3n) is 2.55. The summed E-state index contributed by atoms with van der Waals surface area (Å²) in [5.74, 6) is 0.292. The quantitative estimate of drug-likeness (QED) is 0.764. The van der Waals surface area contributed by atoms with Crippen LogP contribution in [-0.4, -0.2) is 10.1 Å². The number of aromatic nitrogens is 1. The second-order valence-electron chi connectivity index (χ2n) is 3.73. The number of phenols is 1. The maximum atomic E-state index is 9.74. The van der Waals surface area contributed by atoms with Gasteiger partial charge in [0.25, 0.3) is 0 Å². The highest BCUT2D eigenvalue weighted by Crippen LogP contribution is 2.31. The Morgan fingerprint density at radius 1 is 1.33 bits per heavy atom. The van der Waals surface area contributed by atoms with E-state index < -0.39 is 0 Å². The molecular formula is C13H13NO. The molecule has 0 atom stereocenters. The molecule has 2 rings (SSSR count). The fourth-order valence-electron chi connectivity index (χ4n) is 1.81. The number of aromatic hydroxyl groups is 1. The van der Waals surface area contributed by atoms with Gasteiger partial charge in [0.15, 0.2) is 0 Å². The van der Waals surface area contributed by atoms with Crippen molar-refractivity contribution in [3.63, 3.8) is 0 Å². The van der Waals surface area contributed by atoms with E-state index >= 15 is 0 Å². The highest BCUT2D eigenvalue weighted by molar-refractivity contribution is 5.97. The Balaban J connectivity index is 2.96. The van der Waals surface area contributed by atoms with Gasteiger partial charge in [0.05, 0.1) is 0 Å². The van der Waals surface area contributed by atoms with E-state index in [9.17, 15) is 5.11 Å². The van der Waals surface area contributed by atoms with Crippen LogP contribution in [0.15, 0.2) is 31.0 Å². The van der Waals surface area contributed by atoms with Crippen molar-refractivity contribution in [3.05, 3.63) is 42.2 Å². The monoisotopic (exact) mass is 199 g/mol. The van der Waals surface area contributed by atoms with E-state index in [1.807, 2.05) is 26.0 Å². The lowest BCUT2D eigenvalue weighted by molar-refractivity contribution is 0.481. The molecule has 15 heavy (non-hydrogen) atoms. The number of nitrogens with zero attached hydrogens (tertiary/aromatic N) is 1. The number of pyridine rings is 1.